The van der Waals surface area contributed by atoms with Crippen LogP contribution >= 0.6 is 11.3 Å². The summed E-state index contributed by atoms with van der Waals surface area (Å²) in [6, 6.07) is 34.3. The fourth-order valence-electron chi connectivity index (χ4n) is 3.53. The largest absolute Gasteiger partial charge is 0.135 e. The second-order valence-electron chi connectivity index (χ2n) is 7.10. The molecule has 0 bridgehead atoms. The Labute approximate surface area is 175 Å². The molecule has 0 unspecified atom stereocenters. The van der Waals surface area contributed by atoms with E-state index in [4.69, 9.17) is 0 Å². The highest BCUT2D eigenvalue weighted by Crippen LogP contribution is 2.35. The Morgan fingerprint density at radius 3 is 1.28 bits per heavy atom. The van der Waals surface area contributed by atoms with Gasteiger partial charge in [-0.2, -0.15) is 0 Å². The van der Waals surface area contributed by atoms with E-state index in [1.165, 1.54) is 42.4 Å². The third kappa shape index (κ3) is 3.91. The fourth-order valence-corrected chi connectivity index (χ4v) is 4.73. The molecule has 0 aliphatic rings. The molecule has 0 radical (unpaired) electrons. The Morgan fingerprint density at radius 2 is 0.828 bits per heavy atom. The van der Waals surface area contributed by atoms with E-state index < -0.39 is 0 Å². The van der Waals surface area contributed by atoms with Crippen molar-refractivity contribution in [3.8, 4) is 0 Å². The summed E-state index contributed by atoms with van der Waals surface area (Å²) in [5.74, 6) is 0. The molecule has 138 valence electrons. The van der Waals surface area contributed by atoms with Crippen LogP contribution in [0.4, 0.5) is 0 Å². The molecule has 29 heavy (non-hydrogen) atoms. The quantitative estimate of drug-likeness (QED) is 0.271. The summed E-state index contributed by atoms with van der Waals surface area (Å²) in [6.45, 7) is 0. The van der Waals surface area contributed by atoms with Crippen molar-refractivity contribution in [2.45, 2.75) is 0 Å². The summed E-state index contributed by atoms with van der Waals surface area (Å²) in [5.41, 5.74) is 4.91. The van der Waals surface area contributed by atoms with Crippen LogP contribution in [0.3, 0.4) is 0 Å². The molecule has 1 heterocycles. The number of thiophene rings is 1. The fraction of sp³-hybridized carbons (Fsp3) is 0. The molecule has 0 saturated heterocycles. The molecule has 1 aromatic heterocycles. The molecule has 4 aromatic carbocycles. The van der Waals surface area contributed by atoms with Gasteiger partial charge < -0.3 is 0 Å². The SMILES string of the molecule is C(=C\c1ccc2c(c1)sc1cc(/C=C/c3ccccc3)ccc12)/c1ccccc1. The number of hydrogen-bond donors (Lipinski definition) is 0. The first-order valence-corrected chi connectivity index (χ1v) is 10.6. The molecule has 0 N–H and O–H groups in total. The lowest BCUT2D eigenvalue weighted by Crippen LogP contribution is -1.74. The van der Waals surface area contributed by atoms with Gasteiger partial charge in [-0.3, -0.25) is 0 Å². The van der Waals surface area contributed by atoms with E-state index in [0.717, 1.165) is 0 Å². The molecule has 0 spiro atoms. The van der Waals surface area contributed by atoms with E-state index >= 15 is 0 Å². The van der Waals surface area contributed by atoms with Crippen LogP contribution in [0.25, 0.3) is 44.5 Å². The first-order valence-electron chi connectivity index (χ1n) is 9.78. The zero-order valence-corrected chi connectivity index (χ0v) is 16.8. The van der Waals surface area contributed by atoms with Crippen LogP contribution in [0.15, 0.2) is 97.1 Å². The van der Waals surface area contributed by atoms with E-state index in [9.17, 15) is 0 Å². The number of rotatable bonds is 4. The Morgan fingerprint density at radius 1 is 0.414 bits per heavy atom. The van der Waals surface area contributed by atoms with Crippen molar-refractivity contribution in [2.24, 2.45) is 0 Å². The van der Waals surface area contributed by atoms with Gasteiger partial charge in [0.15, 0.2) is 0 Å². The third-order valence-electron chi connectivity index (χ3n) is 5.06. The normalized spacial score (nSPS) is 11.9. The molecule has 0 aliphatic heterocycles. The van der Waals surface area contributed by atoms with Crippen molar-refractivity contribution in [2.75, 3.05) is 0 Å². The summed E-state index contributed by atoms with van der Waals surface area (Å²) in [6.07, 6.45) is 8.71. The summed E-state index contributed by atoms with van der Waals surface area (Å²) >= 11 is 1.87. The van der Waals surface area contributed by atoms with Crippen LogP contribution < -0.4 is 0 Å². The van der Waals surface area contributed by atoms with Gasteiger partial charge in [-0.1, -0.05) is 109 Å². The van der Waals surface area contributed by atoms with Crippen molar-refractivity contribution >= 4 is 55.8 Å². The summed E-state index contributed by atoms with van der Waals surface area (Å²) in [7, 11) is 0. The molecule has 0 nitrogen and oxygen atoms in total. The molecule has 0 atom stereocenters. The standard InChI is InChI=1S/C28H20S/c1-3-7-21(8-4-1)11-13-23-15-17-25-26-18-16-24(20-28(26)29-27(25)19-23)14-12-22-9-5-2-6-10-22/h1-20H/b13-11+,14-12+. The minimum absolute atomic E-state index is 1.22. The summed E-state index contributed by atoms with van der Waals surface area (Å²) < 4.78 is 2.67. The average Bonchev–Trinajstić information content (AvgIpc) is 3.14. The Hall–Kier alpha value is -3.42. The van der Waals surface area contributed by atoms with Gasteiger partial charge >= 0.3 is 0 Å². The molecule has 5 rings (SSSR count). The zero-order chi connectivity index (χ0) is 19.5. The van der Waals surface area contributed by atoms with Gasteiger partial charge in [0.2, 0.25) is 0 Å². The highest BCUT2D eigenvalue weighted by molar-refractivity contribution is 7.25. The maximum absolute atomic E-state index is 2.29. The maximum Gasteiger partial charge on any atom is 0.0361 e. The lowest BCUT2D eigenvalue weighted by atomic mass is 10.1. The number of hydrogen-bond acceptors (Lipinski definition) is 1. The first kappa shape index (κ1) is 17.7. The van der Waals surface area contributed by atoms with Crippen molar-refractivity contribution in [3.05, 3.63) is 119 Å². The lowest BCUT2D eigenvalue weighted by molar-refractivity contribution is 1.66. The molecule has 0 aliphatic carbocycles. The van der Waals surface area contributed by atoms with Gasteiger partial charge in [-0.15, -0.1) is 11.3 Å². The Kier molecular flexibility index (Phi) is 4.81. The minimum atomic E-state index is 1.22. The van der Waals surface area contributed by atoms with Gasteiger partial charge in [-0.05, 0) is 34.4 Å². The van der Waals surface area contributed by atoms with Gasteiger partial charge in [-0.25, -0.2) is 0 Å². The molecule has 5 aromatic rings. The van der Waals surface area contributed by atoms with Crippen LogP contribution in [-0.4, -0.2) is 0 Å². The van der Waals surface area contributed by atoms with Crippen LogP contribution in [0.2, 0.25) is 0 Å². The number of benzene rings is 4. The number of fused-ring (bicyclic) bond motifs is 3. The highest BCUT2D eigenvalue weighted by atomic mass is 32.1. The smallest absolute Gasteiger partial charge is 0.0361 e. The van der Waals surface area contributed by atoms with Crippen LogP contribution in [0.5, 0.6) is 0 Å². The van der Waals surface area contributed by atoms with Gasteiger partial charge in [0.1, 0.15) is 0 Å². The molecule has 0 fully saturated rings. The Bertz CT molecular complexity index is 1220. The molecule has 0 saturated carbocycles. The van der Waals surface area contributed by atoms with Gasteiger partial charge in [0.25, 0.3) is 0 Å². The predicted octanol–water partition coefficient (Wildman–Crippen LogP) is 8.40. The van der Waals surface area contributed by atoms with Crippen LogP contribution in [0, 0.1) is 0 Å². The third-order valence-corrected chi connectivity index (χ3v) is 6.17. The topological polar surface area (TPSA) is 0 Å². The van der Waals surface area contributed by atoms with Crippen molar-refractivity contribution in [3.63, 3.8) is 0 Å². The van der Waals surface area contributed by atoms with E-state index in [2.05, 4.69) is 109 Å². The molecular weight excluding hydrogens is 368 g/mol. The van der Waals surface area contributed by atoms with Crippen LogP contribution in [0.1, 0.15) is 22.3 Å². The van der Waals surface area contributed by atoms with E-state index in [1.54, 1.807) is 0 Å². The summed E-state index contributed by atoms with van der Waals surface area (Å²) in [4.78, 5) is 0. The molecule has 1 heteroatoms. The highest BCUT2D eigenvalue weighted by Gasteiger charge is 2.05. The van der Waals surface area contributed by atoms with Crippen molar-refractivity contribution in [1.29, 1.82) is 0 Å². The summed E-state index contributed by atoms with van der Waals surface area (Å²) in [5, 5.41) is 2.67. The monoisotopic (exact) mass is 388 g/mol. The van der Waals surface area contributed by atoms with E-state index in [0.29, 0.717) is 0 Å². The van der Waals surface area contributed by atoms with E-state index in [-0.39, 0.29) is 0 Å². The average molecular weight is 389 g/mol. The second-order valence-corrected chi connectivity index (χ2v) is 8.19. The second kappa shape index (κ2) is 7.90. The molecule has 0 amide bonds. The lowest BCUT2D eigenvalue weighted by Gasteiger charge is -1.97. The van der Waals surface area contributed by atoms with Crippen molar-refractivity contribution in [1.82, 2.24) is 0 Å². The Balaban J connectivity index is 1.46. The van der Waals surface area contributed by atoms with Gasteiger partial charge in [0, 0.05) is 20.2 Å². The first-order chi connectivity index (χ1) is 14.3. The van der Waals surface area contributed by atoms with Crippen LogP contribution in [-0.2, 0) is 0 Å². The predicted molar refractivity (Wildman–Crippen MR) is 130 cm³/mol. The maximum atomic E-state index is 2.29. The minimum Gasteiger partial charge on any atom is -0.135 e. The van der Waals surface area contributed by atoms with Gasteiger partial charge in [0.05, 0.1) is 0 Å². The van der Waals surface area contributed by atoms with Crippen molar-refractivity contribution < 1.29 is 0 Å². The molecular formula is C28H20S. The van der Waals surface area contributed by atoms with E-state index in [1.807, 2.05) is 23.5 Å². The zero-order valence-electron chi connectivity index (χ0n) is 16.0.